The standard InChI is InChI=1S/C15H20O3/c1-8-12(16)5-11-10(13(17)18)4-9-6-14(2,3)7-15(8,9)11/h4,8-9,11H,5-7H2,1-3H3,(H,17,18)/p-1/t8-,9-,11+,15-/m1/s1. The van der Waals surface area contributed by atoms with Crippen LogP contribution < -0.4 is 5.11 Å². The van der Waals surface area contributed by atoms with Gasteiger partial charge in [0, 0.05) is 12.3 Å². The van der Waals surface area contributed by atoms with Crippen molar-refractivity contribution in [3.63, 3.8) is 0 Å². The van der Waals surface area contributed by atoms with Crippen LogP contribution in [0.4, 0.5) is 0 Å². The second-order valence-electron chi connectivity index (χ2n) is 7.12. The van der Waals surface area contributed by atoms with Crippen molar-refractivity contribution in [1.82, 2.24) is 0 Å². The summed E-state index contributed by atoms with van der Waals surface area (Å²) in [5, 5.41) is 11.3. The lowest BCUT2D eigenvalue weighted by Crippen LogP contribution is -2.35. The predicted octanol–water partition coefficient (Wildman–Crippen LogP) is 1.32. The van der Waals surface area contributed by atoms with Crippen molar-refractivity contribution in [2.45, 2.75) is 40.0 Å². The van der Waals surface area contributed by atoms with Crippen LogP contribution in [-0.2, 0) is 9.59 Å². The van der Waals surface area contributed by atoms with Gasteiger partial charge in [-0.15, -0.1) is 0 Å². The van der Waals surface area contributed by atoms with Gasteiger partial charge in [-0.1, -0.05) is 26.8 Å². The summed E-state index contributed by atoms with van der Waals surface area (Å²) in [7, 11) is 0. The van der Waals surface area contributed by atoms with Crippen molar-refractivity contribution in [3.05, 3.63) is 11.6 Å². The maximum atomic E-state index is 12.1. The normalized spacial score (nSPS) is 44.7. The average molecular weight is 247 g/mol. The minimum absolute atomic E-state index is 0.0117. The van der Waals surface area contributed by atoms with Crippen molar-refractivity contribution in [1.29, 1.82) is 0 Å². The average Bonchev–Trinajstić information content (AvgIpc) is 2.74. The molecule has 2 fully saturated rings. The Morgan fingerprint density at radius 3 is 2.72 bits per heavy atom. The number of allylic oxidation sites excluding steroid dienone is 1. The van der Waals surface area contributed by atoms with Crippen LogP contribution >= 0.6 is 0 Å². The monoisotopic (exact) mass is 247 g/mol. The molecule has 18 heavy (non-hydrogen) atoms. The Morgan fingerprint density at radius 1 is 1.44 bits per heavy atom. The predicted molar refractivity (Wildman–Crippen MR) is 64.3 cm³/mol. The fourth-order valence-electron chi connectivity index (χ4n) is 5.00. The first-order valence-electron chi connectivity index (χ1n) is 6.74. The van der Waals surface area contributed by atoms with E-state index < -0.39 is 5.97 Å². The first kappa shape index (κ1) is 11.9. The van der Waals surface area contributed by atoms with E-state index in [1.165, 1.54) is 0 Å². The number of aliphatic carboxylic acids is 1. The summed E-state index contributed by atoms with van der Waals surface area (Å²) in [6, 6.07) is 0. The SMILES string of the molecule is C[C@@H]1C(=O)C[C@H]2C(C(=O)[O-])=C[C@@H]3CC(C)(C)C[C@]312. The smallest absolute Gasteiger partial charge is 0.136 e. The molecule has 3 aliphatic carbocycles. The fraction of sp³-hybridized carbons (Fsp3) is 0.733. The molecule has 0 bridgehead atoms. The number of hydrogen-bond donors (Lipinski definition) is 0. The van der Waals surface area contributed by atoms with Crippen LogP contribution in [0.2, 0.25) is 0 Å². The molecule has 0 aliphatic heterocycles. The number of Topliss-reactive ketones (excluding diaryl/α,β-unsaturated/α-hetero) is 1. The Bertz CT molecular complexity index is 474. The molecule has 0 saturated heterocycles. The first-order valence-corrected chi connectivity index (χ1v) is 6.74. The van der Waals surface area contributed by atoms with E-state index in [1.54, 1.807) is 0 Å². The van der Waals surface area contributed by atoms with Crippen LogP contribution in [0, 0.1) is 28.6 Å². The van der Waals surface area contributed by atoms with Gasteiger partial charge in [0.05, 0.1) is 5.97 Å². The molecule has 3 aliphatic rings. The molecule has 0 aromatic carbocycles. The topological polar surface area (TPSA) is 57.2 Å². The lowest BCUT2D eigenvalue weighted by atomic mass is 9.67. The minimum atomic E-state index is -1.08. The van der Waals surface area contributed by atoms with Gasteiger partial charge in [0.15, 0.2) is 0 Å². The van der Waals surface area contributed by atoms with E-state index >= 15 is 0 Å². The third-order valence-electron chi connectivity index (χ3n) is 5.58. The fourth-order valence-corrected chi connectivity index (χ4v) is 5.00. The van der Waals surface area contributed by atoms with Crippen LogP contribution in [0.25, 0.3) is 0 Å². The molecule has 98 valence electrons. The van der Waals surface area contributed by atoms with Crippen molar-refractivity contribution >= 4 is 11.8 Å². The lowest BCUT2D eigenvalue weighted by molar-refractivity contribution is -0.300. The zero-order valence-corrected chi connectivity index (χ0v) is 11.2. The lowest BCUT2D eigenvalue weighted by Gasteiger charge is -2.35. The summed E-state index contributed by atoms with van der Waals surface area (Å²) in [5.41, 5.74) is 0.472. The number of carboxylic acids is 1. The minimum Gasteiger partial charge on any atom is -0.545 e. The Hall–Kier alpha value is -1.12. The van der Waals surface area contributed by atoms with Gasteiger partial charge in [0.25, 0.3) is 0 Å². The summed E-state index contributed by atoms with van der Waals surface area (Å²) in [6.07, 6.45) is 4.23. The molecule has 0 N–H and O–H groups in total. The van der Waals surface area contributed by atoms with Crippen molar-refractivity contribution in [2.24, 2.45) is 28.6 Å². The maximum Gasteiger partial charge on any atom is 0.136 e. The first-order chi connectivity index (χ1) is 8.28. The van der Waals surface area contributed by atoms with Gasteiger partial charge in [-0.25, -0.2) is 0 Å². The van der Waals surface area contributed by atoms with E-state index in [2.05, 4.69) is 13.8 Å². The summed E-state index contributed by atoms with van der Waals surface area (Å²) >= 11 is 0. The second kappa shape index (κ2) is 3.25. The molecule has 3 heteroatoms. The largest absolute Gasteiger partial charge is 0.545 e. The number of rotatable bonds is 1. The molecule has 1 spiro atoms. The van der Waals surface area contributed by atoms with E-state index in [0.29, 0.717) is 12.0 Å². The molecule has 2 saturated carbocycles. The molecule has 0 heterocycles. The molecule has 0 unspecified atom stereocenters. The van der Waals surface area contributed by atoms with Crippen LogP contribution in [0.3, 0.4) is 0 Å². The Labute approximate surface area is 107 Å². The molecule has 0 radical (unpaired) electrons. The second-order valence-corrected chi connectivity index (χ2v) is 7.12. The third-order valence-corrected chi connectivity index (χ3v) is 5.58. The number of ketones is 1. The van der Waals surface area contributed by atoms with Crippen molar-refractivity contribution in [2.75, 3.05) is 0 Å². The highest BCUT2D eigenvalue weighted by atomic mass is 16.4. The zero-order valence-electron chi connectivity index (χ0n) is 11.2. The Balaban J connectivity index is 2.10. The maximum absolute atomic E-state index is 12.1. The highest BCUT2D eigenvalue weighted by Crippen LogP contribution is 2.69. The number of hydrogen-bond acceptors (Lipinski definition) is 3. The zero-order chi connectivity index (χ0) is 13.3. The Kier molecular flexibility index (Phi) is 2.16. The quantitative estimate of drug-likeness (QED) is 0.702. The van der Waals surface area contributed by atoms with E-state index in [-0.39, 0.29) is 34.4 Å². The van der Waals surface area contributed by atoms with Gasteiger partial charge in [0.2, 0.25) is 0 Å². The Morgan fingerprint density at radius 2 is 2.11 bits per heavy atom. The van der Waals surface area contributed by atoms with Gasteiger partial charge in [-0.05, 0) is 41.1 Å². The van der Waals surface area contributed by atoms with Crippen LogP contribution in [0.5, 0.6) is 0 Å². The molecular formula is C15H19O3-. The highest BCUT2D eigenvalue weighted by molar-refractivity contribution is 5.93. The van der Waals surface area contributed by atoms with Gasteiger partial charge >= 0.3 is 0 Å². The number of carboxylic acid groups (broad SMARTS) is 1. The summed E-state index contributed by atoms with van der Waals surface area (Å²) in [5.74, 6) is -0.714. The molecule has 0 amide bonds. The van der Waals surface area contributed by atoms with Gasteiger partial charge in [-0.2, -0.15) is 0 Å². The molecule has 4 atom stereocenters. The summed E-state index contributed by atoms with van der Waals surface area (Å²) < 4.78 is 0. The van der Waals surface area contributed by atoms with Crippen LogP contribution in [0.1, 0.15) is 40.0 Å². The van der Waals surface area contributed by atoms with Crippen LogP contribution in [-0.4, -0.2) is 11.8 Å². The van der Waals surface area contributed by atoms with Crippen molar-refractivity contribution in [3.8, 4) is 0 Å². The number of carbonyl (C=O) groups excluding carboxylic acids is 2. The van der Waals surface area contributed by atoms with Gasteiger partial charge in [0.1, 0.15) is 5.78 Å². The molecule has 3 rings (SSSR count). The van der Waals surface area contributed by atoms with Gasteiger partial charge < -0.3 is 9.90 Å². The van der Waals surface area contributed by atoms with E-state index in [1.807, 2.05) is 13.0 Å². The number of carbonyl (C=O) groups is 2. The van der Waals surface area contributed by atoms with E-state index in [9.17, 15) is 14.7 Å². The summed E-state index contributed by atoms with van der Waals surface area (Å²) in [6.45, 7) is 6.43. The molecule has 3 nitrogen and oxygen atoms in total. The van der Waals surface area contributed by atoms with Crippen LogP contribution in [0.15, 0.2) is 11.6 Å². The third kappa shape index (κ3) is 1.25. The van der Waals surface area contributed by atoms with E-state index in [0.717, 1.165) is 12.8 Å². The highest BCUT2D eigenvalue weighted by Gasteiger charge is 2.65. The van der Waals surface area contributed by atoms with Crippen molar-refractivity contribution < 1.29 is 14.7 Å². The molecule has 0 aromatic heterocycles. The molecular weight excluding hydrogens is 228 g/mol. The van der Waals surface area contributed by atoms with Gasteiger partial charge in [-0.3, -0.25) is 4.79 Å². The van der Waals surface area contributed by atoms with E-state index in [4.69, 9.17) is 0 Å². The summed E-state index contributed by atoms with van der Waals surface area (Å²) in [4.78, 5) is 23.3. The molecule has 0 aromatic rings.